The third-order valence-corrected chi connectivity index (χ3v) is 5.65. The molecule has 142 valence electrons. The predicted octanol–water partition coefficient (Wildman–Crippen LogP) is 4.32. The molecular weight excluding hydrogens is 358 g/mol. The van der Waals surface area contributed by atoms with E-state index in [2.05, 4.69) is 23.5 Å². The molecule has 1 aliphatic rings. The van der Waals surface area contributed by atoms with Gasteiger partial charge in [0.1, 0.15) is 0 Å². The van der Waals surface area contributed by atoms with E-state index in [1.54, 1.807) is 23.9 Å². The molecule has 0 fully saturated rings. The van der Waals surface area contributed by atoms with E-state index in [1.165, 1.54) is 24.0 Å². The van der Waals surface area contributed by atoms with E-state index < -0.39 is 5.97 Å². The van der Waals surface area contributed by atoms with Crippen LogP contribution < -0.4 is 5.32 Å². The van der Waals surface area contributed by atoms with E-state index in [1.807, 2.05) is 25.3 Å². The van der Waals surface area contributed by atoms with Gasteiger partial charge in [-0.3, -0.25) is 4.79 Å². The van der Waals surface area contributed by atoms with Crippen LogP contribution in [0.15, 0.2) is 47.4 Å². The number of benzene rings is 2. The number of fused-ring (bicyclic) bond motifs is 1. The second kappa shape index (κ2) is 9.09. The molecule has 3 rings (SSSR count). The Morgan fingerprint density at radius 1 is 1.07 bits per heavy atom. The van der Waals surface area contributed by atoms with Gasteiger partial charge in [-0.2, -0.15) is 0 Å². The van der Waals surface area contributed by atoms with Crippen molar-refractivity contribution in [2.75, 3.05) is 12.9 Å². The molecule has 1 amide bonds. The fraction of sp³-hybridized carbons (Fsp3) is 0.364. The summed E-state index contributed by atoms with van der Waals surface area (Å²) >= 11 is 1.60. The number of carbonyl (C=O) groups excluding carboxylic acids is 2. The maximum Gasteiger partial charge on any atom is 0.338 e. The first-order valence-electron chi connectivity index (χ1n) is 9.29. The summed E-state index contributed by atoms with van der Waals surface area (Å²) in [6.45, 7) is 1.67. The minimum atomic E-state index is -0.487. The average Bonchev–Trinajstić information content (AvgIpc) is 2.71. The number of nitrogens with one attached hydrogen (secondary N) is 1. The van der Waals surface area contributed by atoms with Crippen molar-refractivity contribution in [2.24, 2.45) is 0 Å². The lowest BCUT2D eigenvalue weighted by Gasteiger charge is -2.20. The van der Waals surface area contributed by atoms with Crippen molar-refractivity contribution < 1.29 is 14.3 Å². The highest BCUT2D eigenvalue weighted by atomic mass is 32.2. The number of hydrogen-bond acceptors (Lipinski definition) is 4. The summed E-state index contributed by atoms with van der Waals surface area (Å²) in [5.74, 6) is -0.784. The zero-order chi connectivity index (χ0) is 19.2. The molecule has 0 heterocycles. The summed E-state index contributed by atoms with van der Waals surface area (Å²) < 4.78 is 5.13. The smallest absolute Gasteiger partial charge is 0.338 e. The van der Waals surface area contributed by atoms with Gasteiger partial charge in [0, 0.05) is 4.90 Å². The van der Waals surface area contributed by atoms with Crippen LogP contribution in [-0.2, 0) is 22.4 Å². The summed E-state index contributed by atoms with van der Waals surface area (Å²) in [6, 6.07) is 13.5. The SMILES string of the molecule is CSc1ccc(C(=O)OCC(=O)NC(C)c2ccc3c(c2)CCCC3)cc1. The van der Waals surface area contributed by atoms with Crippen molar-refractivity contribution in [2.45, 2.75) is 43.5 Å². The molecule has 0 spiro atoms. The second-order valence-corrected chi connectivity index (χ2v) is 7.71. The number of ether oxygens (including phenoxy) is 1. The highest BCUT2D eigenvalue weighted by Gasteiger charge is 2.15. The Bertz CT molecular complexity index is 817. The van der Waals surface area contributed by atoms with Crippen molar-refractivity contribution in [3.63, 3.8) is 0 Å². The molecule has 0 saturated carbocycles. The molecule has 4 nitrogen and oxygen atoms in total. The zero-order valence-electron chi connectivity index (χ0n) is 15.8. The summed E-state index contributed by atoms with van der Waals surface area (Å²) in [7, 11) is 0. The molecule has 0 radical (unpaired) electrons. The number of carbonyl (C=O) groups is 2. The van der Waals surface area contributed by atoms with Gasteiger partial charge in [-0.1, -0.05) is 18.2 Å². The lowest BCUT2D eigenvalue weighted by molar-refractivity contribution is -0.124. The molecule has 0 bridgehead atoms. The predicted molar refractivity (Wildman–Crippen MR) is 108 cm³/mol. The maximum absolute atomic E-state index is 12.2. The van der Waals surface area contributed by atoms with Gasteiger partial charge in [0.15, 0.2) is 6.61 Å². The Morgan fingerprint density at radius 2 is 1.78 bits per heavy atom. The number of amides is 1. The minimum absolute atomic E-state index is 0.121. The number of hydrogen-bond donors (Lipinski definition) is 1. The van der Waals surface area contributed by atoms with Crippen LogP contribution in [0.25, 0.3) is 0 Å². The quantitative estimate of drug-likeness (QED) is 0.596. The van der Waals surface area contributed by atoms with E-state index in [4.69, 9.17) is 4.74 Å². The molecule has 5 heteroatoms. The summed E-state index contributed by atoms with van der Waals surface area (Å²) in [6.07, 6.45) is 6.71. The fourth-order valence-electron chi connectivity index (χ4n) is 3.33. The molecule has 1 aliphatic carbocycles. The van der Waals surface area contributed by atoms with Gasteiger partial charge >= 0.3 is 5.97 Å². The van der Waals surface area contributed by atoms with Crippen LogP contribution in [0.4, 0.5) is 0 Å². The number of rotatable bonds is 6. The lowest BCUT2D eigenvalue weighted by atomic mass is 9.89. The second-order valence-electron chi connectivity index (χ2n) is 6.83. The van der Waals surface area contributed by atoms with Gasteiger partial charge in [0.25, 0.3) is 5.91 Å². The van der Waals surface area contributed by atoms with Crippen molar-refractivity contribution >= 4 is 23.6 Å². The van der Waals surface area contributed by atoms with Crippen molar-refractivity contribution in [3.8, 4) is 0 Å². The summed E-state index contributed by atoms with van der Waals surface area (Å²) in [4.78, 5) is 25.3. The minimum Gasteiger partial charge on any atom is -0.452 e. The molecule has 1 unspecified atom stereocenters. The van der Waals surface area contributed by atoms with E-state index >= 15 is 0 Å². The Kier molecular flexibility index (Phi) is 6.56. The van der Waals surface area contributed by atoms with Crippen molar-refractivity contribution in [1.29, 1.82) is 0 Å². The van der Waals surface area contributed by atoms with E-state index in [-0.39, 0.29) is 18.6 Å². The Hall–Kier alpha value is -2.27. The van der Waals surface area contributed by atoms with Crippen molar-refractivity contribution in [1.82, 2.24) is 5.32 Å². The van der Waals surface area contributed by atoms with Crippen LogP contribution >= 0.6 is 11.8 Å². The molecule has 1 atom stereocenters. The number of aryl methyl sites for hydroxylation is 2. The average molecular weight is 384 g/mol. The van der Waals surface area contributed by atoms with Crippen LogP contribution in [0.3, 0.4) is 0 Å². The molecule has 2 aromatic rings. The van der Waals surface area contributed by atoms with Gasteiger partial charge in [-0.15, -0.1) is 11.8 Å². The van der Waals surface area contributed by atoms with Crippen molar-refractivity contribution in [3.05, 3.63) is 64.7 Å². The van der Waals surface area contributed by atoms with Crippen LogP contribution in [0, 0.1) is 0 Å². The topological polar surface area (TPSA) is 55.4 Å². The zero-order valence-corrected chi connectivity index (χ0v) is 16.6. The molecule has 27 heavy (non-hydrogen) atoms. The molecule has 1 N–H and O–H groups in total. The maximum atomic E-state index is 12.2. The number of esters is 1. The highest BCUT2D eigenvalue weighted by Crippen LogP contribution is 2.24. The van der Waals surface area contributed by atoms with Gasteiger partial charge in [0.05, 0.1) is 11.6 Å². The van der Waals surface area contributed by atoms with E-state index in [9.17, 15) is 9.59 Å². The first-order valence-corrected chi connectivity index (χ1v) is 10.5. The van der Waals surface area contributed by atoms with Crippen LogP contribution in [0.5, 0.6) is 0 Å². The Labute approximate surface area is 164 Å². The first-order chi connectivity index (χ1) is 13.1. The molecule has 0 saturated heterocycles. The standard InChI is InChI=1S/C22H25NO3S/c1-15(18-8-7-16-5-3-4-6-19(16)13-18)23-21(24)14-26-22(25)17-9-11-20(27-2)12-10-17/h7-13,15H,3-6,14H2,1-2H3,(H,23,24). The van der Waals surface area contributed by atoms with Gasteiger partial charge in [0.2, 0.25) is 0 Å². The normalized spacial score (nSPS) is 14.1. The van der Waals surface area contributed by atoms with Gasteiger partial charge in [-0.25, -0.2) is 4.79 Å². The lowest BCUT2D eigenvalue weighted by Crippen LogP contribution is -2.31. The fourth-order valence-corrected chi connectivity index (χ4v) is 3.74. The Morgan fingerprint density at radius 3 is 2.48 bits per heavy atom. The first kappa shape index (κ1) is 19.5. The van der Waals surface area contributed by atoms with E-state index in [0.717, 1.165) is 23.3 Å². The molecule has 0 aliphatic heterocycles. The molecule has 0 aromatic heterocycles. The third kappa shape index (κ3) is 5.13. The number of thioether (sulfide) groups is 1. The largest absolute Gasteiger partial charge is 0.452 e. The van der Waals surface area contributed by atoms with Gasteiger partial charge in [-0.05, 0) is 79.8 Å². The van der Waals surface area contributed by atoms with Gasteiger partial charge < -0.3 is 10.1 Å². The highest BCUT2D eigenvalue weighted by molar-refractivity contribution is 7.98. The molecular formula is C22H25NO3S. The van der Waals surface area contributed by atoms with E-state index in [0.29, 0.717) is 5.56 Å². The van der Waals surface area contributed by atoms with Crippen LogP contribution in [-0.4, -0.2) is 24.7 Å². The third-order valence-electron chi connectivity index (χ3n) is 4.91. The monoisotopic (exact) mass is 383 g/mol. The Balaban J connectivity index is 1.51. The summed E-state index contributed by atoms with van der Waals surface area (Å²) in [5.41, 5.74) is 4.34. The summed E-state index contributed by atoms with van der Waals surface area (Å²) in [5, 5.41) is 2.91. The molecule has 2 aromatic carbocycles. The van der Waals surface area contributed by atoms with Crippen LogP contribution in [0.2, 0.25) is 0 Å². The van der Waals surface area contributed by atoms with Crippen LogP contribution in [0.1, 0.15) is 52.9 Å².